The van der Waals surface area contributed by atoms with Gasteiger partial charge in [0.1, 0.15) is 6.26 Å². The molecule has 0 bridgehead atoms. The second-order valence-corrected chi connectivity index (χ2v) is 6.68. The number of hydrogen-bond donors (Lipinski definition) is 1. The Morgan fingerprint density at radius 2 is 2.22 bits per heavy atom. The number of nitrogens with zero attached hydrogens (tertiary/aromatic N) is 1. The Hall–Kier alpha value is -0.480. The zero-order valence-corrected chi connectivity index (χ0v) is 12.6. The first-order valence-electron chi connectivity index (χ1n) is 6.92. The summed E-state index contributed by atoms with van der Waals surface area (Å²) in [6.45, 7) is 9.90. The van der Waals surface area contributed by atoms with E-state index >= 15 is 0 Å². The maximum absolute atomic E-state index is 5.49. The first-order chi connectivity index (χ1) is 8.60. The minimum Gasteiger partial charge on any atom is -0.440 e. The second kappa shape index (κ2) is 6.11. The molecule has 1 aliphatic carbocycles. The summed E-state index contributed by atoms with van der Waals surface area (Å²) < 4.78 is 5.49. The summed E-state index contributed by atoms with van der Waals surface area (Å²) >= 11 is 1.80. The van der Waals surface area contributed by atoms with Gasteiger partial charge in [0.05, 0.1) is 5.69 Å². The molecular weight excluding hydrogens is 244 g/mol. The maximum atomic E-state index is 5.49. The lowest BCUT2D eigenvalue weighted by molar-refractivity contribution is 0.250. The predicted molar refractivity (Wildman–Crippen MR) is 75.9 cm³/mol. The van der Waals surface area contributed by atoms with E-state index in [1.165, 1.54) is 12.8 Å². The highest BCUT2D eigenvalue weighted by atomic mass is 32.2. The van der Waals surface area contributed by atoms with Crippen LogP contribution >= 0.6 is 11.8 Å². The van der Waals surface area contributed by atoms with Crippen LogP contribution < -0.4 is 5.32 Å². The molecule has 4 heteroatoms. The van der Waals surface area contributed by atoms with E-state index in [0.717, 1.165) is 23.4 Å². The fraction of sp³-hybridized carbons (Fsp3) is 0.786. The van der Waals surface area contributed by atoms with Gasteiger partial charge in [0.25, 0.3) is 5.22 Å². The van der Waals surface area contributed by atoms with Crippen molar-refractivity contribution in [1.82, 2.24) is 10.3 Å². The topological polar surface area (TPSA) is 38.1 Å². The van der Waals surface area contributed by atoms with Crippen LogP contribution in [0.1, 0.15) is 39.3 Å². The molecule has 2 rings (SSSR count). The van der Waals surface area contributed by atoms with E-state index in [1.807, 2.05) is 6.92 Å². The highest BCUT2D eigenvalue weighted by Crippen LogP contribution is 2.39. The first-order valence-corrected chi connectivity index (χ1v) is 7.80. The van der Waals surface area contributed by atoms with Gasteiger partial charge in [-0.2, -0.15) is 0 Å². The molecule has 1 aromatic heterocycles. The lowest BCUT2D eigenvalue weighted by atomic mass is 9.80. The van der Waals surface area contributed by atoms with Crippen molar-refractivity contribution in [3.8, 4) is 0 Å². The van der Waals surface area contributed by atoms with E-state index < -0.39 is 0 Å². The lowest BCUT2D eigenvalue weighted by Gasteiger charge is -2.39. The molecule has 1 aliphatic rings. The molecule has 0 radical (unpaired) electrons. The minimum atomic E-state index is 0.569. The van der Waals surface area contributed by atoms with Crippen LogP contribution in [0.2, 0.25) is 0 Å². The van der Waals surface area contributed by atoms with E-state index in [1.54, 1.807) is 18.0 Å². The van der Waals surface area contributed by atoms with Gasteiger partial charge >= 0.3 is 0 Å². The van der Waals surface area contributed by atoms with E-state index in [-0.39, 0.29) is 0 Å². The monoisotopic (exact) mass is 268 g/mol. The Bertz CT molecular complexity index is 380. The van der Waals surface area contributed by atoms with Crippen LogP contribution in [0.25, 0.3) is 0 Å². The van der Waals surface area contributed by atoms with Crippen LogP contribution in [-0.4, -0.2) is 22.8 Å². The van der Waals surface area contributed by atoms with Gasteiger partial charge in [-0.15, -0.1) is 0 Å². The maximum Gasteiger partial charge on any atom is 0.256 e. The van der Waals surface area contributed by atoms with E-state index in [0.29, 0.717) is 17.2 Å². The highest BCUT2D eigenvalue weighted by Gasteiger charge is 2.35. The highest BCUT2D eigenvalue weighted by molar-refractivity contribution is 7.99. The van der Waals surface area contributed by atoms with Crippen molar-refractivity contribution in [2.24, 2.45) is 11.8 Å². The van der Waals surface area contributed by atoms with Crippen LogP contribution in [0.4, 0.5) is 0 Å². The molecule has 1 heterocycles. The molecule has 0 saturated heterocycles. The smallest absolute Gasteiger partial charge is 0.256 e. The molecule has 4 unspecified atom stereocenters. The molecule has 1 fully saturated rings. The Labute approximate surface area is 114 Å². The van der Waals surface area contributed by atoms with Crippen LogP contribution in [0.3, 0.4) is 0 Å². The van der Waals surface area contributed by atoms with Crippen molar-refractivity contribution in [3.05, 3.63) is 12.0 Å². The number of rotatable bonds is 4. The van der Waals surface area contributed by atoms with Gasteiger partial charge < -0.3 is 9.73 Å². The van der Waals surface area contributed by atoms with E-state index in [9.17, 15) is 0 Å². The van der Waals surface area contributed by atoms with Gasteiger partial charge in [0, 0.05) is 11.3 Å². The lowest BCUT2D eigenvalue weighted by Crippen LogP contribution is -2.46. The third-order valence-corrected chi connectivity index (χ3v) is 5.14. The summed E-state index contributed by atoms with van der Waals surface area (Å²) in [5.74, 6) is 1.52. The number of hydrogen-bond acceptors (Lipinski definition) is 4. The number of aryl methyl sites for hydroxylation is 1. The fourth-order valence-electron chi connectivity index (χ4n) is 2.99. The summed E-state index contributed by atoms with van der Waals surface area (Å²) in [5.41, 5.74) is 0.967. The molecule has 4 atom stereocenters. The predicted octanol–water partition coefficient (Wildman–Crippen LogP) is 3.49. The standard InChI is InChI=1S/C14H24N2OS/c1-5-15-12-7-9(2)6-10(3)13(12)18-14-16-11(4)8-17-14/h8-10,12-13,15H,5-7H2,1-4H3. The average molecular weight is 268 g/mol. The quantitative estimate of drug-likeness (QED) is 0.907. The first kappa shape index (κ1) is 13.9. The van der Waals surface area contributed by atoms with Gasteiger partial charge in [-0.05, 0) is 38.1 Å². The van der Waals surface area contributed by atoms with Crippen molar-refractivity contribution in [3.63, 3.8) is 0 Å². The molecule has 0 aromatic carbocycles. The summed E-state index contributed by atoms with van der Waals surface area (Å²) in [6, 6.07) is 0.575. The molecular formula is C14H24N2OS. The molecule has 0 spiro atoms. The zero-order valence-electron chi connectivity index (χ0n) is 11.8. The van der Waals surface area contributed by atoms with Gasteiger partial charge in [-0.25, -0.2) is 4.98 Å². The van der Waals surface area contributed by atoms with Crippen molar-refractivity contribution >= 4 is 11.8 Å². The number of aromatic nitrogens is 1. The Morgan fingerprint density at radius 1 is 1.44 bits per heavy atom. The zero-order chi connectivity index (χ0) is 13.1. The van der Waals surface area contributed by atoms with Crippen molar-refractivity contribution in [1.29, 1.82) is 0 Å². The molecule has 0 amide bonds. The largest absolute Gasteiger partial charge is 0.440 e. The van der Waals surface area contributed by atoms with Crippen molar-refractivity contribution in [2.45, 2.75) is 57.1 Å². The van der Waals surface area contributed by atoms with E-state index in [2.05, 4.69) is 31.1 Å². The number of thioether (sulfide) groups is 1. The fourth-order valence-corrected chi connectivity index (χ4v) is 4.24. The molecule has 1 aromatic rings. The SMILES string of the molecule is CCNC1CC(C)CC(C)C1Sc1nc(C)co1. The number of oxazole rings is 1. The van der Waals surface area contributed by atoms with Gasteiger partial charge in [-0.1, -0.05) is 32.5 Å². The normalized spacial score (nSPS) is 32.7. The summed E-state index contributed by atoms with van der Waals surface area (Å²) in [6.07, 6.45) is 4.30. The van der Waals surface area contributed by atoms with Crippen molar-refractivity contribution in [2.75, 3.05) is 6.54 Å². The van der Waals surface area contributed by atoms with Gasteiger partial charge in [0.2, 0.25) is 0 Å². The molecule has 18 heavy (non-hydrogen) atoms. The van der Waals surface area contributed by atoms with E-state index in [4.69, 9.17) is 4.42 Å². The van der Waals surface area contributed by atoms with Gasteiger partial charge in [0.15, 0.2) is 0 Å². The molecule has 1 saturated carbocycles. The summed E-state index contributed by atoms with van der Waals surface area (Å²) in [5, 5.41) is 5.02. The molecule has 102 valence electrons. The second-order valence-electron chi connectivity index (χ2n) is 5.56. The molecule has 0 aliphatic heterocycles. The van der Waals surface area contributed by atoms with Crippen LogP contribution in [0.15, 0.2) is 15.9 Å². The van der Waals surface area contributed by atoms with Gasteiger partial charge in [-0.3, -0.25) is 0 Å². The summed E-state index contributed by atoms with van der Waals surface area (Å²) in [4.78, 5) is 4.42. The summed E-state index contributed by atoms with van der Waals surface area (Å²) in [7, 11) is 0. The molecule has 1 N–H and O–H groups in total. The van der Waals surface area contributed by atoms with Crippen LogP contribution in [0, 0.1) is 18.8 Å². The number of nitrogens with one attached hydrogen (secondary N) is 1. The Kier molecular flexibility index (Phi) is 4.73. The minimum absolute atomic E-state index is 0.569. The third kappa shape index (κ3) is 3.29. The average Bonchev–Trinajstić information content (AvgIpc) is 2.69. The Balaban J connectivity index is 2.06. The Morgan fingerprint density at radius 3 is 2.83 bits per heavy atom. The third-order valence-electron chi connectivity index (χ3n) is 3.69. The van der Waals surface area contributed by atoms with Crippen LogP contribution in [-0.2, 0) is 0 Å². The van der Waals surface area contributed by atoms with Crippen molar-refractivity contribution < 1.29 is 4.42 Å². The molecule has 3 nitrogen and oxygen atoms in total. The van der Waals surface area contributed by atoms with Crippen LogP contribution in [0.5, 0.6) is 0 Å².